The number of hydrazine groups is 2. The van der Waals surface area contributed by atoms with Gasteiger partial charge in [-0.15, -0.1) is 5.53 Å². The summed E-state index contributed by atoms with van der Waals surface area (Å²) in [6, 6.07) is 12.4. The molecule has 2 heterocycles. The Kier molecular flexibility index (Phi) is 5.05. The summed E-state index contributed by atoms with van der Waals surface area (Å²) in [6.45, 7) is 0. The molecular formula is C26H22ClFN8. The van der Waals surface area contributed by atoms with Crippen LogP contribution in [0.25, 0.3) is 10.9 Å². The summed E-state index contributed by atoms with van der Waals surface area (Å²) in [5.74, 6) is -0.400. The number of nitrogens with zero attached hydrogens (tertiary/aromatic N) is 4. The second-order valence-corrected chi connectivity index (χ2v) is 9.66. The van der Waals surface area contributed by atoms with Crippen LogP contribution < -0.4 is 21.6 Å². The second-order valence-electron chi connectivity index (χ2n) is 9.26. The average molecular weight is 502 g/mol. The SMILES string of the molecule is [2H]C(Nc1cc(Cl)c2ncc(C#N)c(NC3(C#N)CC3)c2c1)(C1=CN(C2CC2)NN1)c1ccc(F)cc1. The predicted molar refractivity (Wildman–Crippen MR) is 135 cm³/mol. The van der Waals surface area contributed by atoms with Gasteiger partial charge in [0.2, 0.25) is 0 Å². The minimum Gasteiger partial charge on any atom is -0.373 e. The van der Waals surface area contributed by atoms with Gasteiger partial charge in [-0.25, -0.2) is 4.39 Å². The highest BCUT2D eigenvalue weighted by molar-refractivity contribution is 6.35. The molecule has 36 heavy (non-hydrogen) atoms. The standard InChI is InChI=1S/C26H22ClFN8/c27-21-10-18(9-20-23(33-26(14-30)7-8-26)16(11-29)12-31-25(20)21)32-24(15-1-3-17(28)4-2-15)22-13-36(35-34-22)19-5-6-19/h1-4,9-10,12-13,19,24,32,34-35H,5-8H2,(H,31,33)/i24D. The molecule has 10 heteroatoms. The summed E-state index contributed by atoms with van der Waals surface area (Å²) >= 11 is 6.64. The van der Waals surface area contributed by atoms with Gasteiger partial charge in [-0.2, -0.15) is 10.5 Å². The van der Waals surface area contributed by atoms with Crippen LogP contribution in [-0.2, 0) is 0 Å². The number of aromatic nitrogens is 1. The van der Waals surface area contributed by atoms with E-state index in [0.717, 1.165) is 12.8 Å². The van der Waals surface area contributed by atoms with Gasteiger partial charge in [0, 0.05) is 29.5 Å². The normalized spacial score (nSPS) is 19.8. The molecule has 4 N–H and O–H groups in total. The number of benzene rings is 2. The summed E-state index contributed by atoms with van der Waals surface area (Å²) in [6.07, 6.45) is 6.75. The van der Waals surface area contributed by atoms with Crippen LogP contribution in [0.1, 0.15) is 44.2 Å². The number of fused-ring (bicyclic) bond motifs is 1. The monoisotopic (exact) mass is 501 g/mol. The van der Waals surface area contributed by atoms with E-state index in [2.05, 4.69) is 38.7 Å². The topological polar surface area (TPSA) is 112 Å². The first kappa shape index (κ1) is 21.3. The lowest BCUT2D eigenvalue weighted by Crippen LogP contribution is -2.38. The van der Waals surface area contributed by atoms with Gasteiger partial charge in [-0.1, -0.05) is 23.7 Å². The van der Waals surface area contributed by atoms with E-state index in [-0.39, 0.29) is 0 Å². The van der Waals surface area contributed by atoms with Crippen LogP contribution in [0.5, 0.6) is 0 Å². The molecule has 3 aromatic rings. The maximum atomic E-state index is 13.8. The Labute approximate surface area is 213 Å². The van der Waals surface area contributed by atoms with Gasteiger partial charge in [0.1, 0.15) is 17.4 Å². The van der Waals surface area contributed by atoms with E-state index in [4.69, 9.17) is 11.6 Å². The first-order valence-corrected chi connectivity index (χ1v) is 12.0. The van der Waals surface area contributed by atoms with E-state index in [1.807, 2.05) is 11.2 Å². The zero-order chi connectivity index (χ0) is 25.8. The van der Waals surface area contributed by atoms with Crippen molar-refractivity contribution in [2.75, 3.05) is 10.6 Å². The third-order valence-electron chi connectivity index (χ3n) is 6.57. The summed E-state index contributed by atoms with van der Waals surface area (Å²) in [5.41, 5.74) is 8.22. The Morgan fingerprint density at radius 1 is 1.25 bits per heavy atom. The predicted octanol–water partition coefficient (Wildman–Crippen LogP) is 4.85. The molecular weight excluding hydrogens is 479 g/mol. The number of hydrogen-bond donors (Lipinski definition) is 4. The van der Waals surface area contributed by atoms with Crippen LogP contribution in [0, 0.1) is 28.5 Å². The molecule has 1 unspecified atom stereocenters. The Hall–Kier alpha value is -4.05. The number of hydrogen-bond acceptors (Lipinski definition) is 8. The van der Waals surface area contributed by atoms with Crippen LogP contribution in [0.4, 0.5) is 15.8 Å². The molecule has 1 atom stereocenters. The molecule has 0 saturated heterocycles. The lowest BCUT2D eigenvalue weighted by molar-refractivity contribution is 0.260. The fraction of sp³-hybridized carbons (Fsp3) is 0.269. The quantitative estimate of drug-likeness (QED) is 0.363. The van der Waals surface area contributed by atoms with Crippen LogP contribution in [0.3, 0.4) is 0 Å². The van der Waals surface area contributed by atoms with Gasteiger partial charge in [0.25, 0.3) is 0 Å². The third kappa shape index (κ3) is 4.13. The van der Waals surface area contributed by atoms with Crippen LogP contribution in [-0.4, -0.2) is 21.6 Å². The number of rotatable bonds is 7. The smallest absolute Gasteiger partial charge is 0.125 e. The molecule has 6 rings (SSSR count). The van der Waals surface area contributed by atoms with Gasteiger partial charge >= 0.3 is 0 Å². The van der Waals surface area contributed by atoms with Crippen LogP contribution in [0.15, 0.2) is 54.5 Å². The first-order chi connectivity index (χ1) is 17.8. The van der Waals surface area contributed by atoms with E-state index in [1.54, 1.807) is 24.3 Å². The van der Waals surface area contributed by atoms with Gasteiger partial charge in [-0.05, 0) is 55.5 Å². The lowest BCUT2D eigenvalue weighted by Gasteiger charge is -2.23. The molecule has 1 aliphatic heterocycles. The largest absolute Gasteiger partial charge is 0.373 e. The van der Waals surface area contributed by atoms with Crippen molar-refractivity contribution in [3.05, 3.63) is 76.5 Å². The maximum absolute atomic E-state index is 13.8. The Bertz CT molecular complexity index is 1520. The summed E-state index contributed by atoms with van der Waals surface area (Å²) in [4.78, 5) is 4.37. The summed E-state index contributed by atoms with van der Waals surface area (Å²) in [7, 11) is 0. The van der Waals surface area contributed by atoms with Crippen molar-refractivity contribution in [2.45, 2.75) is 43.3 Å². The van der Waals surface area contributed by atoms with E-state index in [0.29, 0.717) is 63.0 Å². The fourth-order valence-corrected chi connectivity index (χ4v) is 4.51. The first-order valence-electron chi connectivity index (χ1n) is 12.1. The van der Waals surface area contributed by atoms with Crippen molar-refractivity contribution < 1.29 is 5.76 Å². The Morgan fingerprint density at radius 2 is 2.03 bits per heavy atom. The highest BCUT2D eigenvalue weighted by atomic mass is 35.5. The highest BCUT2D eigenvalue weighted by Crippen LogP contribution is 2.42. The van der Waals surface area contributed by atoms with E-state index in [9.17, 15) is 16.3 Å². The van der Waals surface area contributed by atoms with Gasteiger partial charge in [0.05, 0.1) is 40.9 Å². The Balaban J connectivity index is 1.46. The van der Waals surface area contributed by atoms with Crippen molar-refractivity contribution in [1.82, 2.24) is 21.0 Å². The molecule has 0 amide bonds. The minimum atomic E-state index is -1.54. The van der Waals surface area contributed by atoms with E-state index >= 15 is 0 Å². The van der Waals surface area contributed by atoms with E-state index in [1.165, 1.54) is 18.3 Å². The Morgan fingerprint density at radius 3 is 2.69 bits per heavy atom. The zero-order valence-electron chi connectivity index (χ0n) is 20.1. The third-order valence-corrected chi connectivity index (χ3v) is 6.86. The van der Waals surface area contributed by atoms with Gasteiger partial charge < -0.3 is 16.1 Å². The molecule has 2 saturated carbocycles. The fourth-order valence-electron chi connectivity index (χ4n) is 4.24. The van der Waals surface area contributed by atoms with Crippen molar-refractivity contribution in [3.63, 3.8) is 0 Å². The molecule has 8 nitrogen and oxygen atoms in total. The molecule has 0 radical (unpaired) electrons. The molecule has 2 aromatic carbocycles. The molecule has 180 valence electrons. The average Bonchev–Trinajstić information content (AvgIpc) is 3.83. The second kappa shape index (κ2) is 8.56. The van der Waals surface area contributed by atoms with Crippen LogP contribution in [0.2, 0.25) is 5.02 Å². The van der Waals surface area contributed by atoms with Crippen molar-refractivity contribution in [3.8, 4) is 12.1 Å². The molecule has 0 bridgehead atoms. The number of nitrogens with one attached hydrogen (secondary N) is 4. The number of nitriles is 2. The number of pyridine rings is 1. The number of anilines is 2. The summed E-state index contributed by atoms with van der Waals surface area (Å²) < 4.78 is 23.3. The lowest BCUT2D eigenvalue weighted by atomic mass is 10.0. The van der Waals surface area contributed by atoms with Gasteiger partial charge in [0.15, 0.2) is 0 Å². The maximum Gasteiger partial charge on any atom is 0.125 e. The minimum absolute atomic E-state index is 0.294. The molecule has 1 aromatic heterocycles. The zero-order valence-corrected chi connectivity index (χ0v) is 19.8. The van der Waals surface area contributed by atoms with Gasteiger partial charge in [-0.3, -0.25) is 9.99 Å². The van der Waals surface area contributed by atoms with Crippen molar-refractivity contribution in [2.24, 2.45) is 0 Å². The highest BCUT2D eigenvalue weighted by Gasteiger charge is 2.44. The molecule has 2 aliphatic carbocycles. The molecule has 0 spiro atoms. The van der Waals surface area contributed by atoms with Crippen LogP contribution >= 0.6 is 11.6 Å². The van der Waals surface area contributed by atoms with E-state index < -0.39 is 17.4 Å². The summed E-state index contributed by atoms with van der Waals surface area (Å²) in [5, 5.41) is 28.7. The van der Waals surface area contributed by atoms with Crippen molar-refractivity contribution in [1.29, 1.82) is 10.5 Å². The van der Waals surface area contributed by atoms with Crippen molar-refractivity contribution >= 4 is 33.9 Å². The molecule has 2 fully saturated rings. The number of halogens is 2. The molecule has 3 aliphatic rings.